The summed E-state index contributed by atoms with van der Waals surface area (Å²) in [4.78, 5) is 24.3. The van der Waals surface area contributed by atoms with E-state index in [1.807, 2.05) is 6.92 Å². The number of alkyl halides is 1. The van der Waals surface area contributed by atoms with Crippen molar-refractivity contribution < 1.29 is 9.59 Å². The van der Waals surface area contributed by atoms with Gasteiger partial charge in [-0.2, -0.15) is 0 Å². The summed E-state index contributed by atoms with van der Waals surface area (Å²) in [5, 5.41) is -0.352. The van der Waals surface area contributed by atoms with Crippen molar-refractivity contribution in [3.63, 3.8) is 0 Å². The Morgan fingerprint density at radius 1 is 1.77 bits per heavy atom. The number of carbonyl (C=O) groups is 2. The van der Waals surface area contributed by atoms with Gasteiger partial charge in [-0.05, 0) is 0 Å². The molecule has 0 aliphatic carbocycles. The fraction of sp³-hybridized carbons (Fsp3) is 0.750. The number of nitrogens with zero attached hydrogens (tertiary/aromatic N) is 1. The standard InChI is InChI=1S/C8H10ClNO2S/c1-2-5(11)4-3-13-8-6(9)7(12)10(4)8/h4,6,8H,2-3H2,1H3/t4?,6-,8-/m0/s1. The van der Waals surface area contributed by atoms with Crippen molar-refractivity contribution >= 4 is 35.1 Å². The van der Waals surface area contributed by atoms with Gasteiger partial charge in [-0.25, -0.2) is 0 Å². The number of ketones is 1. The van der Waals surface area contributed by atoms with Crippen molar-refractivity contribution in [1.82, 2.24) is 4.90 Å². The van der Waals surface area contributed by atoms with Gasteiger partial charge in [-0.1, -0.05) is 6.92 Å². The summed E-state index contributed by atoms with van der Waals surface area (Å²) in [6.07, 6.45) is 0.495. The van der Waals surface area contributed by atoms with Gasteiger partial charge >= 0.3 is 0 Å². The predicted octanol–water partition coefficient (Wildman–Crippen LogP) is 0.857. The van der Waals surface area contributed by atoms with Crippen LogP contribution >= 0.6 is 23.4 Å². The number of β-lactam (4-membered cyclic amide) rings is 1. The average molecular weight is 220 g/mol. The van der Waals surface area contributed by atoms with E-state index in [0.29, 0.717) is 12.2 Å². The first-order valence-corrected chi connectivity index (χ1v) is 5.76. The lowest BCUT2D eigenvalue weighted by atomic mass is 10.1. The smallest absolute Gasteiger partial charge is 0.245 e. The molecule has 0 N–H and O–H groups in total. The quantitative estimate of drug-likeness (QED) is 0.511. The molecule has 0 saturated carbocycles. The number of thioether (sulfide) groups is 1. The molecule has 2 aliphatic heterocycles. The molecule has 2 aliphatic rings. The van der Waals surface area contributed by atoms with Crippen molar-refractivity contribution in [3.05, 3.63) is 0 Å². The van der Waals surface area contributed by atoms with E-state index in [1.54, 1.807) is 16.7 Å². The number of halogens is 1. The Labute approximate surface area is 85.8 Å². The van der Waals surface area contributed by atoms with E-state index in [0.717, 1.165) is 0 Å². The molecule has 2 saturated heterocycles. The molecule has 13 heavy (non-hydrogen) atoms. The Kier molecular flexibility index (Phi) is 2.28. The number of hydrogen-bond acceptors (Lipinski definition) is 3. The molecule has 2 fully saturated rings. The first-order chi connectivity index (χ1) is 6.16. The minimum atomic E-state index is -0.403. The van der Waals surface area contributed by atoms with Gasteiger partial charge in [-0.3, -0.25) is 9.59 Å². The molecular weight excluding hydrogens is 210 g/mol. The van der Waals surface area contributed by atoms with Gasteiger partial charge in [0, 0.05) is 12.2 Å². The zero-order valence-corrected chi connectivity index (χ0v) is 8.77. The number of carbonyl (C=O) groups excluding carboxylic acids is 2. The van der Waals surface area contributed by atoms with E-state index in [-0.39, 0.29) is 23.1 Å². The highest BCUT2D eigenvalue weighted by atomic mass is 35.5. The van der Waals surface area contributed by atoms with Gasteiger partial charge in [0.15, 0.2) is 5.78 Å². The Balaban J connectivity index is 2.11. The van der Waals surface area contributed by atoms with E-state index in [4.69, 9.17) is 11.6 Å². The summed E-state index contributed by atoms with van der Waals surface area (Å²) in [6, 6.07) is -0.206. The Morgan fingerprint density at radius 2 is 2.46 bits per heavy atom. The summed E-state index contributed by atoms with van der Waals surface area (Å²) >= 11 is 7.40. The number of Topliss-reactive ketones (excluding diaryl/α,β-unsaturated/α-hetero) is 1. The van der Waals surface area contributed by atoms with E-state index in [1.165, 1.54) is 0 Å². The van der Waals surface area contributed by atoms with Gasteiger partial charge in [0.25, 0.3) is 0 Å². The van der Waals surface area contributed by atoms with Crippen molar-refractivity contribution in [2.24, 2.45) is 0 Å². The van der Waals surface area contributed by atoms with Gasteiger partial charge in [0.2, 0.25) is 5.91 Å². The summed E-state index contributed by atoms with van der Waals surface area (Å²) in [5.74, 6) is 0.780. The molecule has 72 valence electrons. The molecule has 1 unspecified atom stereocenters. The van der Waals surface area contributed by atoms with Crippen molar-refractivity contribution in [2.45, 2.75) is 30.1 Å². The first kappa shape index (κ1) is 9.34. The highest BCUT2D eigenvalue weighted by Gasteiger charge is 2.55. The average Bonchev–Trinajstić information content (AvgIpc) is 2.56. The van der Waals surface area contributed by atoms with Crippen LogP contribution < -0.4 is 0 Å². The largest absolute Gasteiger partial charge is 0.316 e. The van der Waals surface area contributed by atoms with Crippen LogP contribution in [0.1, 0.15) is 13.3 Å². The fourth-order valence-electron chi connectivity index (χ4n) is 1.70. The van der Waals surface area contributed by atoms with Crippen LogP contribution in [0.3, 0.4) is 0 Å². The minimum Gasteiger partial charge on any atom is -0.316 e. The Morgan fingerprint density at radius 3 is 3.08 bits per heavy atom. The molecule has 0 aromatic rings. The summed E-state index contributed by atoms with van der Waals surface area (Å²) < 4.78 is 0. The van der Waals surface area contributed by atoms with Gasteiger partial charge < -0.3 is 4.90 Å². The van der Waals surface area contributed by atoms with Crippen molar-refractivity contribution in [2.75, 3.05) is 5.75 Å². The van der Waals surface area contributed by atoms with Crippen molar-refractivity contribution in [3.8, 4) is 0 Å². The predicted molar refractivity (Wildman–Crippen MR) is 51.8 cm³/mol. The zero-order chi connectivity index (χ0) is 9.59. The van der Waals surface area contributed by atoms with E-state index < -0.39 is 5.38 Å². The van der Waals surface area contributed by atoms with Crippen LogP contribution in [-0.4, -0.2) is 39.1 Å². The lowest BCUT2D eigenvalue weighted by Crippen LogP contribution is -2.62. The van der Waals surface area contributed by atoms with Crippen LogP contribution in [0.5, 0.6) is 0 Å². The second-order valence-corrected chi connectivity index (χ2v) is 4.83. The second-order valence-electron chi connectivity index (χ2n) is 3.21. The molecular formula is C8H10ClNO2S. The third-order valence-corrected chi connectivity index (χ3v) is 4.42. The molecule has 3 atom stereocenters. The molecule has 0 aromatic carbocycles. The van der Waals surface area contributed by atoms with Crippen LogP contribution in [0.25, 0.3) is 0 Å². The number of fused-ring (bicyclic) bond motifs is 1. The van der Waals surface area contributed by atoms with E-state index >= 15 is 0 Å². The van der Waals surface area contributed by atoms with Crippen LogP contribution in [0.4, 0.5) is 0 Å². The molecule has 0 bridgehead atoms. The normalized spacial score (nSPS) is 37.2. The topological polar surface area (TPSA) is 37.4 Å². The molecule has 2 rings (SSSR count). The van der Waals surface area contributed by atoms with Crippen LogP contribution in [0.15, 0.2) is 0 Å². The second kappa shape index (κ2) is 3.17. The number of rotatable bonds is 2. The highest BCUT2D eigenvalue weighted by molar-refractivity contribution is 8.00. The molecule has 5 heteroatoms. The maximum absolute atomic E-state index is 11.4. The molecule has 3 nitrogen and oxygen atoms in total. The lowest BCUT2D eigenvalue weighted by molar-refractivity contribution is -0.146. The molecule has 2 heterocycles. The zero-order valence-electron chi connectivity index (χ0n) is 7.20. The summed E-state index contributed by atoms with van der Waals surface area (Å²) in [7, 11) is 0. The van der Waals surface area contributed by atoms with Gasteiger partial charge in [0.05, 0.1) is 0 Å². The fourth-order valence-corrected chi connectivity index (χ4v) is 3.57. The highest BCUT2D eigenvalue weighted by Crippen LogP contribution is 2.42. The van der Waals surface area contributed by atoms with Crippen LogP contribution in [0, 0.1) is 0 Å². The molecule has 0 spiro atoms. The summed E-state index contributed by atoms with van der Waals surface area (Å²) in [6.45, 7) is 1.82. The van der Waals surface area contributed by atoms with Crippen molar-refractivity contribution in [1.29, 1.82) is 0 Å². The maximum atomic E-state index is 11.4. The SMILES string of the molecule is CCC(=O)C1CS[C@H]2[C@@H](Cl)C(=O)N12. The van der Waals surface area contributed by atoms with Gasteiger partial charge in [-0.15, -0.1) is 23.4 Å². The third-order valence-electron chi connectivity index (χ3n) is 2.50. The summed E-state index contributed by atoms with van der Waals surface area (Å²) in [5.41, 5.74) is 0. The van der Waals surface area contributed by atoms with Crippen LogP contribution in [-0.2, 0) is 9.59 Å². The molecule has 1 amide bonds. The van der Waals surface area contributed by atoms with E-state index in [2.05, 4.69) is 0 Å². The van der Waals surface area contributed by atoms with Crippen LogP contribution in [0.2, 0.25) is 0 Å². The van der Waals surface area contributed by atoms with Gasteiger partial charge in [0.1, 0.15) is 16.8 Å². The Hall–Kier alpha value is -0.220. The van der Waals surface area contributed by atoms with E-state index in [9.17, 15) is 9.59 Å². The maximum Gasteiger partial charge on any atom is 0.245 e. The Bertz CT molecular complexity index is 263. The first-order valence-electron chi connectivity index (χ1n) is 4.27. The minimum absolute atomic E-state index is 0.0506. The monoisotopic (exact) mass is 219 g/mol. The molecule has 0 aromatic heterocycles. The third kappa shape index (κ3) is 1.19. The number of hydrogen-bond donors (Lipinski definition) is 0. The molecule has 0 radical (unpaired) electrons. The number of amides is 1. The lowest BCUT2D eigenvalue weighted by Gasteiger charge is -2.40.